The van der Waals surface area contributed by atoms with Crippen molar-refractivity contribution in [2.75, 3.05) is 11.9 Å². The van der Waals surface area contributed by atoms with Gasteiger partial charge in [-0.1, -0.05) is 19.4 Å². The lowest BCUT2D eigenvalue weighted by Crippen LogP contribution is -2.47. The van der Waals surface area contributed by atoms with Crippen molar-refractivity contribution in [1.82, 2.24) is 0 Å². The zero-order valence-corrected chi connectivity index (χ0v) is 12.2. The number of nitrogens with one attached hydrogen (secondary N) is 1. The number of hydrogen-bond acceptors (Lipinski definition) is 2. The van der Waals surface area contributed by atoms with Crippen LogP contribution in [0.3, 0.4) is 0 Å². The molecule has 1 aromatic rings. The zero-order valence-electron chi connectivity index (χ0n) is 10.6. The second-order valence-electron chi connectivity index (χ2n) is 5.26. The number of aryl methyl sites for hydroxylation is 1. The molecule has 2 unspecified atom stereocenters. The van der Waals surface area contributed by atoms with Crippen LogP contribution in [0.4, 0.5) is 5.69 Å². The summed E-state index contributed by atoms with van der Waals surface area (Å²) in [5.74, 6) is 0.639. The second kappa shape index (κ2) is 4.99. The molecule has 1 fully saturated rings. The molecule has 0 aromatic heterocycles. The van der Waals surface area contributed by atoms with Crippen molar-refractivity contribution in [2.45, 2.75) is 38.6 Å². The molecule has 94 valence electrons. The molecule has 0 aliphatic heterocycles. The highest BCUT2D eigenvalue weighted by molar-refractivity contribution is 9.10. The Morgan fingerprint density at radius 2 is 2.29 bits per heavy atom. The van der Waals surface area contributed by atoms with Crippen molar-refractivity contribution in [3.63, 3.8) is 0 Å². The van der Waals surface area contributed by atoms with E-state index in [0.29, 0.717) is 12.5 Å². The minimum Gasteiger partial charge on any atom is -0.377 e. The van der Waals surface area contributed by atoms with E-state index in [1.807, 2.05) is 0 Å². The maximum absolute atomic E-state index is 6.02. The van der Waals surface area contributed by atoms with Crippen molar-refractivity contribution in [3.8, 4) is 0 Å². The van der Waals surface area contributed by atoms with E-state index >= 15 is 0 Å². The summed E-state index contributed by atoms with van der Waals surface area (Å²) >= 11 is 3.61. The number of nitrogens with two attached hydrogens (primary N) is 1. The lowest BCUT2D eigenvalue weighted by Gasteiger charge is -2.35. The van der Waals surface area contributed by atoms with Crippen molar-refractivity contribution < 1.29 is 0 Å². The van der Waals surface area contributed by atoms with Gasteiger partial charge in [-0.25, -0.2) is 0 Å². The van der Waals surface area contributed by atoms with Crippen LogP contribution in [0.15, 0.2) is 22.7 Å². The minimum atomic E-state index is 0.0797. The highest BCUT2D eigenvalue weighted by Crippen LogP contribution is 2.39. The Kier molecular flexibility index (Phi) is 3.79. The minimum absolute atomic E-state index is 0.0797. The molecule has 17 heavy (non-hydrogen) atoms. The molecule has 0 amide bonds. The van der Waals surface area contributed by atoms with Crippen LogP contribution in [-0.4, -0.2) is 12.1 Å². The summed E-state index contributed by atoms with van der Waals surface area (Å²) in [6.45, 7) is 5.12. The third-order valence-electron chi connectivity index (χ3n) is 4.07. The summed E-state index contributed by atoms with van der Waals surface area (Å²) in [5.41, 5.74) is 8.54. The molecule has 1 aromatic carbocycles. The standard InChI is InChI=1S/C14H21BrN2/c1-10-5-6-12(15)13(8-10)17-14(9-16)7-3-4-11(14)2/h5-6,8,11,17H,3-4,7,9,16H2,1-2H3. The van der Waals surface area contributed by atoms with Crippen LogP contribution in [0, 0.1) is 12.8 Å². The Labute approximate surface area is 112 Å². The van der Waals surface area contributed by atoms with Crippen molar-refractivity contribution in [2.24, 2.45) is 11.7 Å². The fraction of sp³-hybridized carbons (Fsp3) is 0.571. The number of anilines is 1. The van der Waals surface area contributed by atoms with Gasteiger partial charge < -0.3 is 11.1 Å². The van der Waals surface area contributed by atoms with Gasteiger partial charge in [0.25, 0.3) is 0 Å². The SMILES string of the molecule is Cc1ccc(Br)c(NC2(CN)CCCC2C)c1. The van der Waals surface area contributed by atoms with Gasteiger partial charge in [0.2, 0.25) is 0 Å². The summed E-state index contributed by atoms with van der Waals surface area (Å²) in [5, 5.41) is 3.69. The normalized spacial score (nSPS) is 28.4. The molecule has 2 atom stereocenters. The molecular formula is C14H21BrN2. The van der Waals surface area contributed by atoms with Gasteiger partial charge in [-0.3, -0.25) is 0 Å². The Morgan fingerprint density at radius 1 is 1.53 bits per heavy atom. The van der Waals surface area contributed by atoms with Crippen molar-refractivity contribution >= 4 is 21.6 Å². The Balaban J connectivity index is 2.27. The van der Waals surface area contributed by atoms with Crippen LogP contribution in [0.1, 0.15) is 31.7 Å². The van der Waals surface area contributed by atoms with Gasteiger partial charge in [0.15, 0.2) is 0 Å². The van der Waals surface area contributed by atoms with Crippen LogP contribution < -0.4 is 11.1 Å². The smallest absolute Gasteiger partial charge is 0.0521 e. The first kappa shape index (κ1) is 12.9. The van der Waals surface area contributed by atoms with Gasteiger partial charge in [0.05, 0.1) is 5.54 Å². The average Bonchev–Trinajstić information content (AvgIpc) is 2.66. The lowest BCUT2D eigenvalue weighted by molar-refractivity contribution is 0.381. The van der Waals surface area contributed by atoms with Gasteiger partial charge in [-0.2, -0.15) is 0 Å². The van der Waals surface area contributed by atoms with E-state index in [1.54, 1.807) is 0 Å². The summed E-state index contributed by atoms with van der Waals surface area (Å²) < 4.78 is 1.12. The average molecular weight is 297 g/mol. The summed E-state index contributed by atoms with van der Waals surface area (Å²) in [7, 11) is 0. The quantitative estimate of drug-likeness (QED) is 0.893. The molecule has 0 spiro atoms. The maximum Gasteiger partial charge on any atom is 0.0521 e. The molecule has 1 saturated carbocycles. The van der Waals surface area contributed by atoms with Crippen LogP contribution in [-0.2, 0) is 0 Å². The van der Waals surface area contributed by atoms with Crippen LogP contribution in [0.2, 0.25) is 0 Å². The van der Waals surface area contributed by atoms with E-state index in [4.69, 9.17) is 5.73 Å². The molecule has 0 saturated heterocycles. The monoisotopic (exact) mass is 296 g/mol. The number of hydrogen-bond donors (Lipinski definition) is 2. The maximum atomic E-state index is 6.02. The zero-order chi connectivity index (χ0) is 12.5. The summed E-state index contributed by atoms with van der Waals surface area (Å²) in [6, 6.07) is 6.40. The number of halogens is 1. The third kappa shape index (κ3) is 2.50. The van der Waals surface area contributed by atoms with E-state index in [0.717, 1.165) is 4.47 Å². The van der Waals surface area contributed by atoms with Gasteiger partial charge in [0.1, 0.15) is 0 Å². The Morgan fingerprint density at radius 3 is 2.88 bits per heavy atom. The van der Waals surface area contributed by atoms with Gasteiger partial charge in [-0.15, -0.1) is 0 Å². The van der Waals surface area contributed by atoms with Crippen molar-refractivity contribution in [1.29, 1.82) is 0 Å². The van der Waals surface area contributed by atoms with E-state index in [1.165, 1.54) is 30.5 Å². The third-order valence-corrected chi connectivity index (χ3v) is 4.76. The Bertz CT molecular complexity index is 405. The molecule has 1 aliphatic rings. The molecule has 3 heteroatoms. The predicted molar refractivity (Wildman–Crippen MR) is 77.3 cm³/mol. The summed E-state index contributed by atoms with van der Waals surface area (Å²) in [4.78, 5) is 0. The van der Waals surface area contributed by atoms with Crippen LogP contribution in [0.5, 0.6) is 0 Å². The fourth-order valence-corrected chi connectivity index (χ4v) is 3.14. The first-order valence-electron chi connectivity index (χ1n) is 6.32. The van der Waals surface area contributed by atoms with Gasteiger partial charge in [0, 0.05) is 16.7 Å². The predicted octanol–water partition coefficient (Wildman–Crippen LogP) is 3.69. The van der Waals surface area contributed by atoms with E-state index in [-0.39, 0.29) is 5.54 Å². The molecular weight excluding hydrogens is 276 g/mol. The first-order valence-corrected chi connectivity index (χ1v) is 7.11. The van der Waals surface area contributed by atoms with Crippen molar-refractivity contribution in [3.05, 3.63) is 28.2 Å². The van der Waals surface area contributed by atoms with Gasteiger partial charge in [-0.05, 0) is 59.3 Å². The van der Waals surface area contributed by atoms with E-state index in [9.17, 15) is 0 Å². The molecule has 0 bridgehead atoms. The highest BCUT2D eigenvalue weighted by Gasteiger charge is 2.39. The molecule has 1 aliphatic carbocycles. The number of benzene rings is 1. The molecule has 2 nitrogen and oxygen atoms in total. The molecule has 0 radical (unpaired) electrons. The van der Waals surface area contributed by atoms with E-state index < -0.39 is 0 Å². The fourth-order valence-electron chi connectivity index (χ4n) is 2.79. The van der Waals surface area contributed by atoms with Gasteiger partial charge >= 0.3 is 0 Å². The molecule has 2 rings (SSSR count). The second-order valence-corrected chi connectivity index (χ2v) is 6.12. The summed E-state index contributed by atoms with van der Waals surface area (Å²) in [6.07, 6.45) is 3.72. The highest BCUT2D eigenvalue weighted by atomic mass is 79.9. The first-order chi connectivity index (χ1) is 8.07. The largest absolute Gasteiger partial charge is 0.377 e. The molecule has 0 heterocycles. The lowest BCUT2D eigenvalue weighted by atomic mass is 9.88. The van der Waals surface area contributed by atoms with Crippen LogP contribution in [0.25, 0.3) is 0 Å². The topological polar surface area (TPSA) is 38.0 Å². The van der Waals surface area contributed by atoms with E-state index in [2.05, 4.69) is 53.3 Å². The van der Waals surface area contributed by atoms with Crippen LogP contribution >= 0.6 is 15.9 Å². The Hall–Kier alpha value is -0.540. The number of rotatable bonds is 3. The molecule has 3 N–H and O–H groups in total.